The third-order valence-electron chi connectivity index (χ3n) is 3.82. The third kappa shape index (κ3) is 1.84. The van der Waals surface area contributed by atoms with Gasteiger partial charge in [0.2, 0.25) is 11.6 Å². The van der Waals surface area contributed by atoms with Crippen molar-refractivity contribution in [2.24, 2.45) is 0 Å². The molecule has 0 amide bonds. The Bertz CT molecular complexity index is 672. The third-order valence-corrected chi connectivity index (χ3v) is 3.82. The van der Waals surface area contributed by atoms with Gasteiger partial charge >= 0.3 is 0 Å². The molecular formula is C16H14O4. The van der Waals surface area contributed by atoms with E-state index in [1.165, 1.54) is 18.2 Å². The number of aromatic hydroxyl groups is 1. The van der Waals surface area contributed by atoms with Gasteiger partial charge in [-0.05, 0) is 43.9 Å². The quantitative estimate of drug-likeness (QED) is 0.769. The van der Waals surface area contributed by atoms with Crippen LogP contribution in [0.3, 0.4) is 0 Å². The average molecular weight is 270 g/mol. The van der Waals surface area contributed by atoms with E-state index in [0.29, 0.717) is 0 Å². The van der Waals surface area contributed by atoms with Crippen LogP contribution < -0.4 is 0 Å². The van der Waals surface area contributed by atoms with E-state index in [1.807, 2.05) is 0 Å². The number of Topliss-reactive ketones (excluding diaryl/α,β-unsaturated/α-hetero) is 2. The summed E-state index contributed by atoms with van der Waals surface area (Å²) in [5.74, 6) is -1.89. The van der Waals surface area contributed by atoms with Gasteiger partial charge in [-0.25, -0.2) is 0 Å². The molecule has 0 unspecified atom stereocenters. The number of rotatable bonds is 1. The van der Waals surface area contributed by atoms with Crippen molar-refractivity contribution in [3.8, 4) is 5.75 Å². The van der Waals surface area contributed by atoms with E-state index in [0.717, 1.165) is 31.3 Å². The maximum atomic E-state index is 12.1. The molecule has 0 bridgehead atoms. The molecule has 2 aliphatic rings. The Morgan fingerprint density at radius 2 is 1.70 bits per heavy atom. The number of carbonyl (C=O) groups excluding carboxylic acids is 2. The number of carbonyl (C=O) groups is 2. The number of fused-ring (bicyclic) bond motifs is 1. The lowest BCUT2D eigenvalue weighted by Gasteiger charge is -2.17. The topological polar surface area (TPSA) is 74.6 Å². The molecule has 20 heavy (non-hydrogen) atoms. The summed E-state index contributed by atoms with van der Waals surface area (Å²) in [7, 11) is 0. The fourth-order valence-electron chi connectivity index (χ4n) is 2.78. The molecular weight excluding hydrogens is 256 g/mol. The Morgan fingerprint density at radius 1 is 1.00 bits per heavy atom. The summed E-state index contributed by atoms with van der Waals surface area (Å²) in [6.07, 6.45) is 5.49. The second-order valence-corrected chi connectivity index (χ2v) is 5.13. The molecule has 2 N–H and O–H groups in total. The second-order valence-electron chi connectivity index (χ2n) is 5.13. The summed E-state index contributed by atoms with van der Waals surface area (Å²) in [6.45, 7) is 0. The van der Waals surface area contributed by atoms with Gasteiger partial charge in [-0.3, -0.25) is 9.59 Å². The van der Waals surface area contributed by atoms with E-state index in [1.54, 1.807) is 6.08 Å². The molecule has 2 aliphatic carbocycles. The molecule has 0 aliphatic heterocycles. The van der Waals surface area contributed by atoms with Crippen molar-refractivity contribution in [2.75, 3.05) is 0 Å². The Balaban J connectivity index is 2.20. The van der Waals surface area contributed by atoms with Crippen LogP contribution in [0.2, 0.25) is 0 Å². The van der Waals surface area contributed by atoms with Crippen molar-refractivity contribution in [1.29, 1.82) is 0 Å². The lowest BCUT2D eigenvalue weighted by atomic mass is 9.87. The summed E-state index contributed by atoms with van der Waals surface area (Å²) in [5, 5.41) is 20.1. The zero-order valence-electron chi connectivity index (χ0n) is 10.8. The van der Waals surface area contributed by atoms with E-state index in [-0.39, 0.29) is 28.2 Å². The highest BCUT2D eigenvalue weighted by Gasteiger charge is 2.33. The van der Waals surface area contributed by atoms with Crippen LogP contribution >= 0.6 is 0 Å². The van der Waals surface area contributed by atoms with Crippen LogP contribution in [0, 0.1) is 0 Å². The predicted octanol–water partition coefficient (Wildman–Crippen LogP) is 2.93. The van der Waals surface area contributed by atoms with Crippen LogP contribution in [0.15, 0.2) is 35.4 Å². The number of phenolic OH excluding ortho intramolecular Hbond substituents is 1. The first-order valence-corrected chi connectivity index (χ1v) is 6.63. The molecule has 1 aromatic carbocycles. The average Bonchev–Trinajstić information content (AvgIpc) is 2.94. The van der Waals surface area contributed by atoms with Crippen molar-refractivity contribution in [2.45, 2.75) is 25.7 Å². The summed E-state index contributed by atoms with van der Waals surface area (Å²) in [5.41, 5.74) is 1.18. The van der Waals surface area contributed by atoms with Gasteiger partial charge in [0.05, 0.1) is 11.1 Å². The number of benzene rings is 1. The Kier molecular flexibility index (Phi) is 2.93. The molecule has 0 radical (unpaired) electrons. The fraction of sp³-hybridized carbons (Fsp3) is 0.250. The Labute approximate surface area is 116 Å². The predicted molar refractivity (Wildman–Crippen MR) is 73.5 cm³/mol. The molecule has 0 aromatic heterocycles. The lowest BCUT2D eigenvalue weighted by molar-refractivity contribution is -0.111. The molecule has 1 saturated carbocycles. The number of allylic oxidation sites excluding steroid dienone is 3. The molecule has 102 valence electrons. The van der Waals surface area contributed by atoms with E-state index in [9.17, 15) is 19.8 Å². The summed E-state index contributed by atoms with van der Waals surface area (Å²) in [4.78, 5) is 24.2. The van der Waals surface area contributed by atoms with Gasteiger partial charge in [0.1, 0.15) is 11.5 Å². The van der Waals surface area contributed by atoms with Gasteiger partial charge < -0.3 is 10.2 Å². The molecule has 0 spiro atoms. The van der Waals surface area contributed by atoms with E-state index in [2.05, 4.69) is 0 Å². The minimum absolute atomic E-state index is 0.000833. The molecule has 0 atom stereocenters. The highest BCUT2D eigenvalue weighted by atomic mass is 16.3. The summed E-state index contributed by atoms with van der Waals surface area (Å²) >= 11 is 0. The summed E-state index contributed by atoms with van der Waals surface area (Å²) < 4.78 is 0. The van der Waals surface area contributed by atoms with Crippen LogP contribution in [0.5, 0.6) is 5.75 Å². The molecule has 0 saturated heterocycles. The molecule has 4 nitrogen and oxygen atoms in total. The number of ketones is 2. The minimum atomic E-state index is -0.708. The fourth-order valence-corrected chi connectivity index (χ4v) is 2.78. The Morgan fingerprint density at radius 3 is 2.40 bits per heavy atom. The van der Waals surface area contributed by atoms with Gasteiger partial charge in [-0.2, -0.15) is 0 Å². The first-order valence-electron chi connectivity index (χ1n) is 6.63. The molecule has 4 heteroatoms. The van der Waals surface area contributed by atoms with E-state index < -0.39 is 11.6 Å². The van der Waals surface area contributed by atoms with Crippen LogP contribution in [0.4, 0.5) is 0 Å². The number of hydrogen-bond acceptors (Lipinski definition) is 4. The van der Waals surface area contributed by atoms with Crippen molar-refractivity contribution < 1.29 is 19.8 Å². The monoisotopic (exact) mass is 270 g/mol. The highest BCUT2D eigenvalue weighted by Crippen LogP contribution is 2.36. The SMILES string of the molecule is O=C1C(=O)c2cccc(O)c2C(O)=C1C=C1CCCC1. The standard InChI is InChI=1S/C16H14O4/c17-12-7-3-6-10-13(12)14(18)11(16(20)15(10)19)8-9-4-1-2-5-9/h3,6-8,17-18H,1-2,4-5H2. The van der Waals surface area contributed by atoms with Crippen LogP contribution in [-0.2, 0) is 4.79 Å². The first kappa shape index (κ1) is 12.7. The number of hydrogen-bond donors (Lipinski definition) is 2. The van der Waals surface area contributed by atoms with Crippen molar-refractivity contribution in [1.82, 2.24) is 0 Å². The second kappa shape index (κ2) is 4.63. The van der Waals surface area contributed by atoms with Crippen molar-refractivity contribution in [3.63, 3.8) is 0 Å². The number of aliphatic hydroxyl groups excluding tert-OH is 1. The van der Waals surface area contributed by atoms with Gasteiger partial charge in [-0.15, -0.1) is 0 Å². The normalized spacial score (nSPS) is 18.5. The minimum Gasteiger partial charge on any atom is -0.507 e. The smallest absolute Gasteiger partial charge is 0.237 e. The molecule has 0 heterocycles. The van der Waals surface area contributed by atoms with E-state index >= 15 is 0 Å². The first-order chi connectivity index (χ1) is 9.59. The maximum absolute atomic E-state index is 12.1. The highest BCUT2D eigenvalue weighted by molar-refractivity contribution is 6.53. The lowest BCUT2D eigenvalue weighted by Crippen LogP contribution is -2.23. The van der Waals surface area contributed by atoms with Crippen molar-refractivity contribution in [3.05, 3.63) is 46.5 Å². The van der Waals surface area contributed by atoms with Gasteiger partial charge in [0.15, 0.2) is 0 Å². The Hall–Kier alpha value is -2.36. The van der Waals surface area contributed by atoms with Gasteiger partial charge in [-0.1, -0.05) is 11.6 Å². The number of aliphatic hydroxyl groups is 1. The van der Waals surface area contributed by atoms with Gasteiger partial charge in [0.25, 0.3) is 0 Å². The van der Waals surface area contributed by atoms with Crippen molar-refractivity contribution >= 4 is 17.3 Å². The zero-order chi connectivity index (χ0) is 14.3. The molecule has 1 fully saturated rings. The maximum Gasteiger partial charge on any atom is 0.237 e. The largest absolute Gasteiger partial charge is 0.507 e. The van der Waals surface area contributed by atoms with E-state index in [4.69, 9.17) is 0 Å². The zero-order valence-corrected chi connectivity index (χ0v) is 10.8. The van der Waals surface area contributed by atoms with Crippen LogP contribution in [0.1, 0.15) is 41.6 Å². The number of phenols is 1. The molecule has 1 aromatic rings. The van der Waals surface area contributed by atoms with Gasteiger partial charge in [0, 0.05) is 5.56 Å². The summed E-state index contributed by atoms with van der Waals surface area (Å²) in [6, 6.07) is 4.30. The van der Waals surface area contributed by atoms with Crippen LogP contribution in [0.25, 0.3) is 5.76 Å². The molecule has 3 rings (SSSR count). The van der Waals surface area contributed by atoms with Crippen LogP contribution in [-0.4, -0.2) is 21.8 Å².